The fourth-order valence-corrected chi connectivity index (χ4v) is 3.28. The first-order chi connectivity index (χ1) is 9.70. The molecule has 3 rings (SSSR count). The topological polar surface area (TPSA) is 29.9 Å². The maximum Gasteiger partial charge on any atom is 0.0534 e. The molecule has 1 unspecified atom stereocenters. The molecule has 20 heavy (non-hydrogen) atoms. The summed E-state index contributed by atoms with van der Waals surface area (Å²) in [7, 11) is 0. The molecule has 1 aromatic heterocycles. The van der Waals surface area contributed by atoms with Gasteiger partial charge in [0.1, 0.15) is 0 Å². The molecule has 2 aromatic rings. The SMILES string of the molecule is Cc1cnn(CCNC2CCc3cc(Br)ccc3C2)c1. The van der Waals surface area contributed by atoms with Crippen molar-refractivity contribution < 1.29 is 0 Å². The lowest BCUT2D eigenvalue weighted by molar-refractivity contribution is 0.435. The minimum Gasteiger partial charge on any atom is -0.312 e. The Bertz CT molecular complexity index is 591. The van der Waals surface area contributed by atoms with Crippen LogP contribution in [0.2, 0.25) is 0 Å². The predicted octanol–water partition coefficient (Wildman–Crippen LogP) is 3.10. The third-order valence-corrected chi connectivity index (χ3v) is 4.43. The molecular formula is C16H20BrN3. The summed E-state index contributed by atoms with van der Waals surface area (Å²) in [5.41, 5.74) is 4.22. The first-order valence-electron chi connectivity index (χ1n) is 7.20. The summed E-state index contributed by atoms with van der Waals surface area (Å²) in [5.74, 6) is 0. The molecule has 0 fully saturated rings. The molecule has 0 bridgehead atoms. The number of rotatable bonds is 4. The van der Waals surface area contributed by atoms with Crippen LogP contribution in [-0.4, -0.2) is 22.4 Å². The zero-order chi connectivity index (χ0) is 13.9. The molecule has 0 saturated carbocycles. The largest absolute Gasteiger partial charge is 0.312 e. The van der Waals surface area contributed by atoms with Crippen molar-refractivity contribution in [2.75, 3.05) is 6.54 Å². The van der Waals surface area contributed by atoms with Crippen LogP contribution in [0.1, 0.15) is 23.1 Å². The van der Waals surface area contributed by atoms with Gasteiger partial charge in [0, 0.05) is 23.3 Å². The van der Waals surface area contributed by atoms with Crippen LogP contribution in [0.4, 0.5) is 0 Å². The zero-order valence-corrected chi connectivity index (χ0v) is 13.4. The highest BCUT2D eigenvalue weighted by molar-refractivity contribution is 9.10. The average molecular weight is 334 g/mol. The molecule has 1 heterocycles. The summed E-state index contributed by atoms with van der Waals surface area (Å²) in [5, 5.41) is 7.98. The van der Waals surface area contributed by atoms with Gasteiger partial charge in [0.05, 0.1) is 12.7 Å². The van der Waals surface area contributed by atoms with E-state index in [1.54, 1.807) is 0 Å². The number of fused-ring (bicyclic) bond motifs is 1. The van der Waals surface area contributed by atoms with Crippen molar-refractivity contribution >= 4 is 15.9 Å². The molecule has 1 atom stereocenters. The maximum absolute atomic E-state index is 4.32. The van der Waals surface area contributed by atoms with Gasteiger partial charge in [-0.3, -0.25) is 4.68 Å². The normalized spacial score (nSPS) is 18.0. The highest BCUT2D eigenvalue weighted by Gasteiger charge is 2.17. The monoisotopic (exact) mass is 333 g/mol. The fourth-order valence-electron chi connectivity index (χ4n) is 2.87. The second kappa shape index (κ2) is 6.10. The van der Waals surface area contributed by atoms with E-state index in [0.717, 1.165) is 19.5 Å². The summed E-state index contributed by atoms with van der Waals surface area (Å²) >= 11 is 3.55. The van der Waals surface area contributed by atoms with Crippen molar-refractivity contribution in [3.05, 3.63) is 51.8 Å². The number of aryl methyl sites for hydroxylation is 2. The molecule has 1 aromatic carbocycles. The Morgan fingerprint density at radius 1 is 1.40 bits per heavy atom. The van der Waals surface area contributed by atoms with Crippen LogP contribution in [0.3, 0.4) is 0 Å². The Morgan fingerprint density at radius 2 is 2.30 bits per heavy atom. The van der Waals surface area contributed by atoms with Crippen molar-refractivity contribution in [1.29, 1.82) is 0 Å². The Morgan fingerprint density at radius 3 is 3.10 bits per heavy atom. The lowest BCUT2D eigenvalue weighted by Crippen LogP contribution is -2.36. The van der Waals surface area contributed by atoms with E-state index >= 15 is 0 Å². The summed E-state index contributed by atoms with van der Waals surface area (Å²) in [6.07, 6.45) is 7.54. The van der Waals surface area contributed by atoms with E-state index in [-0.39, 0.29) is 0 Å². The van der Waals surface area contributed by atoms with Crippen molar-refractivity contribution in [3.8, 4) is 0 Å². The molecule has 0 saturated heterocycles. The van der Waals surface area contributed by atoms with Crippen LogP contribution < -0.4 is 5.32 Å². The molecule has 106 valence electrons. The molecule has 1 aliphatic carbocycles. The van der Waals surface area contributed by atoms with Crippen molar-refractivity contribution in [3.63, 3.8) is 0 Å². The molecule has 1 N–H and O–H groups in total. The number of hydrogen-bond acceptors (Lipinski definition) is 2. The summed E-state index contributed by atoms with van der Waals surface area (Å²) in [6, 6.07) is 7.26. The van der Waals surface area contributed by atoms with Crippen LogP contribution in [0.5, 0.6) is 0 Å². The van der Waals surface area contributed by atoms with E-state index in [9.17, 15) is 0 Å². The number of nitrogens with one attached hydrogen (secondary N) is 1. The molecule has 1 aliphatic rings. The quantitative estimate of drug-likeness (QED) is 0.931. The number of aromatic nitrogens is 2. The van der Waals surface area contributed by atoms with Crippen LogP contribution in [-0.2, 0) is 19.4 Å². The molecule has 0 radical (unpaired) electrons. The predicted molar refractivity (Wildman–Crippen MR) is 84.9 cm³/mol. The van der Waals surface area contributed by atoms with E-state index in [1.807, 2.05) is 10.9 Å². The second-order valence-electron chi connectivity index (χ2n) is 5.59. The van der Waals surface area contributed by atoms with Gasteiger partial charge in [-0.2, -0.15) is 5.10 Å². The van der Waals surface area contributed by atoms with Crippen molar-refractivity contribution in [2.45, 2.75) is 38.8 Å². The van der Waals surface area contributed by atoms with E-state index in [0.29, 0.717) is 6.04 Å². The highest BCUT2D eigenvalue weighted by Crippen LogP contribution is 2.24. The lowest BCUT2D eigenvalue weighted by atomic mass is 9.88. The summed E-state index contributed by atoms with van der Waals surface area (Å²) < 4.78 is 3.20. The number of hydrogen-bond donors (Lipinski definition) is 1. The fraction of sp³-hybridized carbons (Fsp3) is 0.438. The smallest absolute Gasteiger partial charge is 0.0534 e. The van der Waals surface area contributed by atoms with E-state index in [1.165, 1.54) is 34.0 Å². The van der Waals surface area contributed by atoms with E-state index in [4.69, 9.17) is 0 Å². The van der Waals surface area contributed by atoms with Crippen LogP contribution in [0.25, 0.3) is 0 Å². The molecule has 4 heteroatoms. The van der Waals surface area contributed by atoms with Gasteiger partial charge in [-0.25, -0.2) is 0 Å². The van der Waals surface area contributed by atoms with Gasteiger partial charge in [0.15, 0.2) is 0 Å². The summed E-state index contributed by atoms with van der Waals surface area (Å²) in [6.45, 7) is 4.00. The van der Waals surface area contributed by atoms with Crippen LogP contribution in [0, 0.1) is 6.92 Å². The Hall–Kier alpha value is -1.13. The Labute approximate surface area is 128 Å². The minimum atomic E-state index is 0.598. The number of halogens is 1. The van der Waals surface area contributed by atoms with Gasteiger partial charge >= 0.3 is 0 Å². The third kappa shape index (κ3) is 3.30. The lowest BCUT2D eigenvalue weighted by Gasteiger charge is -2.25. The molecular weight excluding hydrogens is 314 g/mol. The number of benzene rings is 1. The van der Waals surface area contributed by atoms with Gasteiger partial charge in [-0.1, -0.05) is 22.0 Å². The van der Waals surface area contributed by atoms with Crippen LogP contribution in [0.15, 0.2) is 35.1 Å². The average Bonchev–Trinajstić information content (AvgIpc) is 2.85. The minimum absolute atomic E-state index is 0.598. The Kier molecular flexibility index (Phi) is 4.22. The van der Waals surface area contributed by atoms with Crippen molar-refractivity contribution in [2.24, 2.45) is 0 Å². The third-order valence-electron chi connectivity index (χ3n) is 3.93. The Balaban J connectivity index is 1.51. The van der Waals surface area contributed by atoms with Gasteiger partial charge in [-0.05, 0) is 55.0 Å². The zero-order valence-electron chi connectivity index (χ0n) is 11.8. The summed E-state index contributed by atoms with van der Waals surface area (Å²) in [4.78, 5) is 0. The van der Waals surface area contributed by atoms with Crippen LogP contribution >= 0.6 is 15.9 Å². The van der Waals surface area contributed by atoms with Crippen molar-refractivity contribution in [1.82, 2.24) is 15.1 Å². The maximum atomic E-state index is 4.32. The standard InChI is InChI=1S/C16H20BrN3/c1-12-10-19-20(11-12)7-6-18-16-5-3-13-8-15(17)4-2-14(13)9-16/h2,4,8,10-11,16,18H,3,5-7,9H2,1H3. The van der Waals surface area contributed by atoms with Gasteiger partial charge in [0.2, 0.25) is 0 Å². The van der Waals surface area contributed by atoms with Gasteiger partial charge in [0.25, 0.3) is 0 Å². The number of nitrogens with zero attached hydrogens (tertiary/aromatic N) is 2. The molecule has 0 aliphatic heterocycles. The first-order valence-corrected chi connectivity index (χ1v) is 8.00. The van der Waals surface area contributed by atoms with E-state index < -0.39 is 0 Å². The van der Waals surface area contributed by atoms with Gasteiger partial charge < -0.3 is 5.32 Å². The van der Waals surface area contributed by atoms with E-state index in [2.05, 4.69) is 57.7 Å². The first kappa shape index (κ1) is 13.8. The highest BCUT2D eigenvalue weighted by atomic mass is 79.9. The molecule has 0 spiro atoms. The second-order valence-corrected chi connectivity index (χ2v) is 6.50. The molecule has 0 amide bonds. The van der Waals surface area contributed by atoms with Gasteiger partial charge in [-0.15, -0.1) is 0 Å². The molecule has 3 nitrogen and oxygen atoms in total.